The van der Waals surface area contributed by atoms with E-state index in [9.17, 15) is 0 Å². The fourth-order valence-electron chi connectivity index (χ4n) is 12.5. The lowest BCUT2D eigenvalue weighted by atomic mass is 9.24. The van der Waals surface area contributed by atoms with Crippen LogP contribution in [-0.2, 0) is 10.8 Å². The molecule has 0 nitrogen and oxygen atoms in total. The molecule has 8 aromatic rings. The maximum absolute atomic E-state index is 5.70. The number of hydrogen-bond acceptors (Lipinski definition) is 4. The molecule has 3 atom stereocenters. The third kappa shape index (κ3) is 4.37. The van der Waals surface area contributed by atoms with Gasteiger partial charge in [-0.15, -0.1) is 35.3 Å². The average molecular weight is 853 g/mol. The topological polar surface area (TPSA) is 0 Å². The number of thiophene rings is 2. The largest absolute Gasteiger partial charge is 0.240 e. The van der Waals surface area contributed by atoms with E-state index in [-0.39, 0.29) is 28.9 Å². The molecule has 5 heteroatoms. The summed E-state index contributed by atoms with van der Waals surface area (Å²) in [5, 5.41) is 7.15. The molecule has 2 aromatic heterocycles. The van der Waals surface area contributed by atoms with Crippen molar-refractivity contribution >= 4 is 123 Å². The van der Waals surface area contributed by atoms with E-state index in [4.69, 9.17) is 12.6 Å². The highest BCUT2D eigenvalue weighted by Crippen LogP contribution is 2.67. The van der Waals surface area contributed by atoms with Gasteiger partial charge >= 0.3 is 0 Å². The highest BCUT2D eigenvalue weighted by Gasteiger charge is 2.58. The Labute approximate surface area is 374 Å². The SMILES string of the molecule is CC(C)(C)c1cc2c3c(c1)C1=c4c(cc5c(sc6ccccc65)c4=C4Sc5ccccc5C4(C)C1)B3C1=Cc3c(sc4ccccc34)C3C(S)=C(c4ccccc4)C=C2C13C. The van der Waals surface area contributed by atoms with Gasteiger partial charge in [0.25, 0.3) is 0 Å². The van der Waals surface area contributed by atoms with Gasteiger partial charge in [-0.3, -0.25) is 0 Å². The summed E-state index contributed by atoms with van der Waals surface area (Å²) in [6.45, 7) is 12.5. The van der Waals surface area contributed by atoms with Crippen LogP contribution in [0.4, 0.5) is 0 Å². The zero-order valence-corrected chi connectivity index (χ0v) is 38.1. The summed E-state index contributed by atoms with van der Waals surface area (Å²) in [6, 6.07) is 46.5. The predicted octanol–water partition coefficient (Wildman–Crippen LogP) is 12.7. The molecule has 3 unspecified atom stereocenters. The standard InChI is InChI=1S/C56H41BS4/c1-54(2,3)30-23-34-38-28-55(4)39-19-11-14-22-44(39)61-53(55)47-46(38)41(26-35-31-17-9-12-20-42(31)59-51(35)47)57-45-27-36-32-18-10-13-21-43(32)60-52(36)48-50(58)33(29-15-7-6-8-16-29)25-40(56(45,48)5)37(24-30)49(34)57/h6-27,48,58H,28H2,1-5H3. The molecular formula is C56H41BS4. The van der Waals surface area contributed by atoms with E-state index in [1.54, 1.807) is 0 Å². The second kappa shape index (κ2) is 11.8. The Morgan fingerprint density at radius 3 is 2.23 bits per heavy atom. The Morgan fingerprint density at radius 1 is 0.721 bits per heavy atom. The number of rotatable bonds is 1. The fraction of sp³-hybridized carbons (Fsp3) is 0.179. The molecule has 3 aliphatic heterocycles. The maximum atomic E-state index is 5.70. The van der Waals surface area contributed by atoms with Gasteiger partial charge in [0, 0.05) is 61.5 Å². The van der Waals surface area contributed by atoms with Crippen LogP contribution in [0.25, 0.3) is 58.0 Å². The molecule has 0 bridgehead atoms. The lowest BCUT2D eigenvalue weighted by Gasteiger charge is -2.54. The van der Waals surface area contributed by atoms with Gasteiger partial charge in [0.15, 0.2) is 0 Å². The molecular weight excluding hydrogens is 812 g/mol. The highest BCUT2D eigenvalue weighted by atomic mass is 32.2. The van der Waals surface area contributed by atoms with Crippen molar-refractivity contribution < 1.29 is 0 Å². The number of thioether (sulfide) groups is 1. The van der Waals surface area contributed by atoms with Crippen LogP contribution in [0.3, 0.4) is 0 Å². The zero-order valence-electron chi connectivity index (χ0n) is 34.7. The summed E-state index contributed by atoms with van der Waals surface area (Å²) < 4.78 is 4.18. The summed E-state index contributed by atoms with van der Waals surface area (Å²) in [7, 11) is 0. The first-order valence-electron chi connectivity index (χ1n) is 21.7. The van der Waals surface area contributed by atoms with Crippen molar-refractivity contribution in [1.29, 1.82) is 0 Å². The van der Waals surface area contributed by atoms with Crippen molar-refractivity contribution in [2.45, 2.75) is 62.7 Å². The monoisotopic (exact) mass is 852 g/mol. The molecule has 0 N–H and O–H groups in total. The van der Waals surface area contributed by atoms with E-state index in [1.165, 1.54) is 127 Å². The predicted molar refractivity (Wildman–Crippen MR) is 270 cm³/mol. The minimum Gasteiger partial charge on any atom is -0.147 e. The molecule has 292 valence electrons. The van der Waals surface area contributed by atoms with Gasteiger partial charge in [-0.2, -0.15) is 0 Å². The summed E-state index contributed by atoms with van der Waals surface area (Å²) in [5.74, 6) is 0.0813. The van der Waals surface area contributed by atoms with Crippen molar-refractivity contribution in [2.75, 3.05) is 0 Å². The molecule has 0 radical (unpaired) electrons. The first-order chi connectivity index (χ1) is 29.5. The normalized spacial score (nSPS) is 22.8. The number of thiol groups is 1. The fourth-order valence-corrected chi connectivity index (χ4v) is 17.4. The van der Waals surface area contributed by atoms with Gasteiger partial charge in [-0.1, -0.05) is 172 Å². The summed E-state index contributed by atoms with van der Waals surface area (Å²) in [4.78, 5) is 5.58. The van der Waals surface area contributed by atoms with Crippen molar-refractivity contribution in [3.8, 4) is 0 Å². The quantitative estimate of drug-likeness (QED) is 0.127. The Bertz CT molecular complexity index is 3620. The molecule has 6 aromatic carbocycles. The molecule has 5 heterocycles. The molecule has 0 amide bonds. The third-order valence-corrected chi connectivity index (χ3v) is 19.8. The molecule has 61 heavy (non-hydrogen) atoms. The first-order valence-corrected chi connectivity index (χ1v) is 24.6. The minimum absolute atomic E-state index is 0.0462. The smallest absolute Gasteiger partial charge is 0.147 e. The van der Waals surface area contributed by atoms with E-state index in [0.29, 0.717) is 0 Å². The zero-order chi connectivity index (χ0) is 40.9. The van der Waals surface area contributed by atoms with Crippen LogP contribution < -0.4 is 21.4 Å². The van der Waals surface area contributed by atoms with E-state index in [1.807, 2.05) is 34.4 Å². The van der Waals surface area contributed by atoms with E-state index < -0.39 is 0 Å². The van der Waals surface area contributed by atoms with Crippen LogP contribution in [0, 0.1) is 5.41 Å². The summed E-state index contributed by atoms with van der Waals surface area (Å²) in [6.07, 6.45) is 6.23. The maximum Gasteiger partial charge on any atom is 0.240 e. The molecule has 0 spiro atoms. The lowest BCUT2D eigenvalue weighted by Crippen LogP contribution is -2.66. The van der Waals surface area contributed by atoms with Crippen LogP contribution in [-0.4, -0.2) is 6.71 Å². The molecule has 14 rings (SSSR count). The van der Waals surface area contributed by atoms with Crippen LogP contribution in [0.1, 0.15) is 85.2 Å². The summed E-state index contributed by atoms with van der Waals surface area (Å²) >= 11 is 11.7. The van der Waals surface area contributed by atoms with Gasteiger partial charge in [-0.05, 0) is 102 Å². The average Bonchev–Trinajstić information content (AvgIpc) is 3.92. The van der Waals surface area contributed by atoms with Crippen molar-refractivity contribution in [3.63, 3.8) is 0 Å². The number of hydrogen-bond donors (Lipinski definition) is 1. The Morgan fingerprint density at radius 2 is 1.43 bits per heavy atom. The van der Waals surface area contributed by atoms with E-state index in [0.717, 1.165) is 6.42 Å². The Balaban J connectivity index is 1.21. The van der Waals surface area contributed by atoms with Gasteiger partial charge in [0.1, 0.15) is 0 Å². The van der Waals surface area contributed by atoms with Gasteiger partial charge in [0.05, 0.1) is 0 Å². The van der Waals surface area contributed by atoms with Gasteiger partial charge in [0.2, 0.25) is 6.71 Å². The Hall–Kier alpha value is -4.78. The molecule has 3 aliphatic carbocycles. The van der Waals surface area contributed by atoms with Crippen LogP contribution >= 0.6 is 47.1 Å². The van der Waals surface area contributed by atoms with Crippen molar-refractivity contribution in [1.82, 2.24) is 0 Å². The Kier molecular flexibility index (Phi) is 6.93. The molecule has 0 saturated carbocycles. The second-order valence-electron chi connectivity index (χ2n) is 19.6. The van der Waals surface area contributed by atoms with E-state index >= 15 is 0 Å². The first kappa shape index (κ1) is 35.8. The minimum atomic E-state index is -0.320. The van der Waals surface area contributed by atoms with Gasteiger partial charge < -0.3 is 0 Å². The van der Waals surface area contributed by atoms with Crippen LogP contribution in [0.2, 0.25) is 0 Å². The third-order valence-electron chi connectivity index (χ3n) is 15.4. The van der Waals surface area contributed by atoms with Crippen molar-refractivity contribution in [3.05, 3.63) is 186 Å². The summed E-state index contributed by atoms with van der Waals surface area (Å²) in [5.41, 5.74) is 16.7. The van der Waals surface area contributed by atoms with Crippen molar-refractivity contribution in [2.24, 2.45) is 5.41 Å². The second-order valence-corrected chi connectivity index (χ2v) is 23.3. The molecule has 0 saturated heterocycles. The molecule has 6 aliphatic rings. The van der Waals surface area contributed by atoms with E-state index in [2.05, 4.69) is 168 Å². The van der Waals surface area contributed by atoms with Crippen LogP contribution in [0.5, 0.6) is 0 Å². The van der Waals surface area contributed by atoms with Crippen LogP contribution in [0.15, 0.2) is 143 Å². The molecule has 0 fully saturated rings. The lowest BCUT2D eigenvalue weighted by molar-refractivity contribution is 0.487. The number of benzene rings is 6. The van der Waals surface area contributed by atoms with Gasteiger partial charge in [-0.25, -0.2) is 0 Å². The highest BCUT2D eigenvalue weighted by molar-refractivity contribution is 8.08. The number of allylic oxidation sites excluding steroid dienone is 5. The number of fused-ring (bicyclic) bond motifs is 15.